The molecule has 4 aromatic carbocycles. The molecule has 7 aromatic rings. The zero-order valence-corrected chi connectivity index (χ0v) is 59.3. The lowest BCUT2D eigenvalue weighted by Crippen LogP contribution is -2.30. The number of rotatable bonds is 26. The molecule has 38 heteroatoms. The number of thiazole rings is 2. The summed E-state index contributed by atoms with van der Waals surface area (Å²) in [5.74, 6) is -3.87. The number of piperidine rings is 2. The molecular formula is C63H63N19O13S6. The number of anilines is 8. The van der Waals surface area contributed by atoms with Crippen LogP contribution in [0.4, 0.5) is 67.9 Å². The van der Waals surface area contributed by atoms with Crippen molar-refractivity contribution in [2.45, 2.75) is 81.2 Å². The predicted octanol–water partition coefficient (Wildman–Crippen LogP) is 11.6. The normalized spacial score (nSPS) is 15.4. The average Bonchev–Trinajstić information content (AvgIpc) is 1.62. The molecule has 4 aliphatic rings. The van der Waals surface area contributed by atoms with E-state index in [1.807, 2.05) is 61.8 Å². The number of fused-ring (bicyclic) bond motifs is 2. The van der Waals surface area contributed by atoms with E-state index in [9.17, 15) is 68.6 Å². The molecule has 0 spiro atoms. The maximum Gasteiger partial charge on any atom is 0.294 e. The molecule has 2 fully saturated rings. The summed E-state index contributed by atoms with van der Waals surface area (Å²) in [7, 11) is -13.9. The molecular weight excluding hydrogens is 1420 g/mol. The van der Waals surface area contributed by atoms with Crippen LogP contribution in [0.3, 0.4) is 0 Å². The summed E-state index contributed by atoms with van der Waals surface area (Å²) >= 11 is 2.94. The van der Waals surface area contributed by atoms with Gasteiger partial charge in [-0.15, -0.1) is 20.5 Å². The molecule has 0 unspecified atom stereocenters. The van der Waals surface area contributed by atoms with Crippen LogP contribution in [0.15, 0.2) is 120 Å². The minimum absolute atomic E-state index is 0.0172. The topological polar surface area (TPSA) is 436 Å². The number of hydrogen-bond acceptors (Lipinski definition) is 30. The first-order valence-corrected chi connectivity index (χ1v) is 38.7. The zero-order valence-electron chi connectivity index (χ0n) is 54.4. The fourth-order valence-electron chi connectivity index (χ4n) is 11.5. The van der Waals surface area contributed by atoms with Crippen molar-refractivity contribution in [2.75, 3.05) is 94.1 Å². The molecule has 2 saturated heterocycles. The number of nitrogens with one attached hydrogen (secondary N) is 2. The van der Waals surface area contributed by atoms with Gasteiger partial charge in [-0.2, -0.15) is 60.7 Å². The van der Waals surface area contributed by atoms with Crippen LogP contribution in [-0.4, -0.2) is 161 Å². The van der Waals surface area contributed by atoms with Gasteiger partial charge in [0, 0.05) is 69.5 Å². The summed E-state index contributed by atoms with van der Waals surface area (Å²) in [5.41, 5.74) is 0.909. The van der Waals surface area contributed by atoms with Crippen LogP contribution in [0.2, 0.25) is 0 Å². The number of amides is 4. The Labute approximate surface area is 592 Å². The van der Waals surface area contributed by atoms with Gasteiger partial charge in [0.05, 0.1) is 58.9 Å². The lowest BCUT2D eigenvalue weighted by Gasteiger charge is -2.27. The summed E-state index contributed by atoms with van der Waals surface area (Å²) < 4.78 is 101. The van der Waals surface area contributed by atoms with E-state index in [1.165, 1.54) is 12.2 Å². The number of allylic oxidation sites excluding steroid dienone is 2. The standard InChI is InChI=1S/C63H63N19O13S6/c1-5-77(6-2)37-15-21-47(73-75-62-68-53(79-23-11-9-12-24-79)51(97-62)31-39(35-64)81-55(83)43-19-17-41(100(90,91)92)33-45(43)57(81)85)49(29-37)66-59-70-60(72-61(71-59)96-27-28-99(87,88)89)67-50-30-38(78(7-3)8-4)16-22-48(50)74-76-63-69-54(80-25-13-10-14-26-80)52(98-63)32-40(36-65)82-56(84)44-20-18-42(101(93,94)95)34-46(44)58(82)86/h15-22,29-34H,5-14,23-28H2,1-4H3,(H,87,88,89)(H,90,91,92)(H,93,94,95)(H2,66,67,70,71,72)/b39-31+,40-32+,75-73?,76-74?. The number of imide groups is 2. The van der Waals surface area contributed by atoms with E-state index in [1.54, 1.807) is 24.3 Å². The van der Waals surface area contributed by atoms with Crippen LogP contribution in [0.25, 0.3) is 12.2 Å². The number of carbonyl (C=O) groups is 4. The largest absolute Gasteiger partial charge is 0.372 e. The molecule has 0 bridgehead atoms. The third-order valence-electron chi connectivity index (χ3n) is 16.5. The lowest BCUT2D eigenvalue weighted by atomic mass is 10.1. The van der Waals surface area contributed by atoms with E-state index in [2.05, 4.69) is 50.9 Å². The Hall–Kier alpha value is -10.0. The van der Waals surface area contributed by atoms with Crippen LogP contribution >= 0.6 is 34.4 Å². The molecule has 0 atom stereocenters. The molecule has 4 amide bonds. The van der Waals surface area contributed by atoms with Crippen molar-refractivity contribution in [1.82, 2.24) is 34.7 Å². The van der Waals surface area contributed by atoms with Gasteiger partial charge in [0.2, 0.25) is 22.2 Å². The van der Waals surface area contributed by atoms with E-state index in [4.69, 9.17) is 15.0 Å². The van der Waals surface area contributed by atoms with Crippen molar-refractivity contribution in [3.05, 3.63) is 116 Å². The first-order valence-electron chi connectivity index (χ1n) is 31.5. The van der Waals surface area contributed by atoms with E-state index in [-0.39, 0.29) is 78.1 Å². The molecule has 3 aromatic heterocycles. The predicted molar refractivity (Wildman–Crippen MR) is 379 cm³/mol. The van der Waals surface area contributed by atoms with Crippen LogP contribution in [0.5, 0.6) is 0 Å². The second-order valence-electron chi connectivity index (χ2n) is 22.8. The van der Waals surface area contributed by atoms with E-state index < -0.39 is 69.5 Å². The van der Waals surface area contributed by atoms with Crippen LogP contribution < -0.4 is 30.2 Å². The van der Waals surface area contributed by atoms with Crippen LogP contribution in [-0.2, 0) is 30.4 Å². The van der Waals surface area contributed by atoms with Crippen molar-refractivity contribution >= 4 is 168 Å². The highest BCUT2D eigenvalue weighted by Crippen LogP contribution is 2.43. The van der Waals surface area contributed by atoms with Crippen LogP contribution in [0.1, 0.15) is 117 Å². The maximum absolute atomic E-state index is 13.8. The second-order valence-corrected chi connectivity index (χ2v) is 30.3. The van der Waals surface area contributed by atoms with Gasteiger partial charge in [-0.3, -0.25) is 32.8 Å². The fourth-order valence-corrected chi connectivity index (χ4v) is 15.9. The molecule has 0 saturated carbocycles. The van der Waals surface area contributed by atoms with Gasteiger partial charge in [0.1, 0.15) is 46.5 Å². The Morgan fingerprint density at radius 2 is 0.941 bits per heavy atom. The Bertz CT molecular complexity index is 4760. The molecule has 101 heavy (non-hydrogen) atoms. The summed E-state index contributed by atoms with van der Waals surface area (Å²) in [5, 5.41) is 46.3. The molecule has 0 radical (unpaired) electrons. The Morgan fingerprint density at radius 3 is 1.31 bits per heavy atom. The van der Waals surface area contributed by atoms with Gasteiger partial charge < -0.3 is 30.2 Å². The molecule has 11 rings (SSSR count). The SMILES string of the molecule is CCN(CC)c1ccc(N=Nc2nc(N3CCCCC3)c(/C=C(\C#N)N3C(=O)c4ccc(S(=O)(=O)O)cc4C3=O)s2)c(Nc2nc(Nc3cc(N(CC)CC)ccc3N=Nc3nc(N4CCCCC4)c(/C=C(\C#N)N4C(=O)c5ccc(S(=O)(=O)O)cc5C4=O)s3)nc(SCCS(=O)(=O)O)n2)c1. The first-order chi connectivity index (χ1) is 48.3. The van der Waals surface area contributed by atoms with E-state index in [0.717, 1.165) is 121 Å². The van der Waals surface area contributed by atoms with Crippen molar-refractivity contribution in [3.8, 4) is 12.1 Å². The van der Waals surface area contributed by atoms with Crippen molar-refractivity contribution in [3.63, 3.8) is 0 Å². The molecule has 4 aliphatic heterocycles. The van der Waals surface area contributed by atoms with Crippen LogP contribution in [0, 0.1) is 22.7 Å². The minimum Gasteiger partial charge on any atom is -0.372 e. The Morgan fingerprint density at radius 1 is 0.545 bits per heavy atom. The third-order valence-corrected chi connectivity index (χ3v) is 21.8. The van der Waals surface area contributed by atoms with Gasteiger partial charge in [0.15, 0.2) is 5.16 Å². The fraction of sp³-hybridized carbons (Fsp3) is 0.317. The third kappa shape index (κ3) is 16.3. The number of azo groups is 2. The highest BCUT2D eigenvalue weighted by Gasteiger charge is 2.41. The number of carbonyl (C=O) groups excluding carboxylic acids is 4. The van der Waals surface area contributed by atoms with Gasteiger partial charge in [-0.25, -0.2) is 9.80 Å². The molecule has 32 nitrogen and oxygen atoms in total. The van der Waals surface area contributed by atoms with Crippen molar-refractivity contribution in [1.29, 1.82) is 10.5 Å². The van der Waals surface area contributed by atoms with E-state index in [0.29, 0.717) is 94.9 Å². The minimum atomic E-state index is -4.75. The number of nitrogens with zero attached hydrogens (tertiary/aromatic N) is 17. The smallest absolute Gasteiger partial charge is 0.294 e. The maximum atomic E-state index is 13.8. The highest BCUT2D eigenvalue weighted by atomic mass is 32.2. The molecule has 524 valence electrons. The molecule has 5 N–H and O–H groups in total. The lowest BCUT2D eigenvalue weighted by molar-refractivity contribution is 0.0696. The summed E-state index contributed by atoms with van der Waals surface area (Å²) in [6.07, 6.45) is 7.86. The van der Waals surface area contributed by atoms with E-state index >= 15 is 0 Å². The first kappa shape index (κ1) is 72.2. The monoisotopic (exact) mass is 1490 g/mol. The van der Waals surface area contributed by atoms with Crippen molar-refractivity contribution < 1.29 is 58.1 Å². The second kappa shape index (κ2) is 30.4. The van der Waals surface area contributed by atoms with Gasteiger partial charge in [-0.1, -0.05) is 34.4 Å². The van der Waals surface area contributed by atoms with Crippen molar-refractivity contribution in [2.24, 2.45) is 20.5 Å². The number of thioether (sulfide) groups is 1. The zero-order chi connectivity index (χ0) is 72.1. The summed E-state index contributed by atoms with van der Waals surface area (Å²) in [4.78, 5) is 87.7. The molecule has 7 heterocycles. The number of hydrogen-bond donors (Lipinski definition) is 5. The van der Waals surface area contributed by atoms with Gasteiger partial charge in [-0.05, 0) is 151 Å². The number of nitriles is 2. The van der Waals surface area contributed by atoms with Gasteiger partial charge >= 0.3 is 0 Å². The summed E-state index contributed by atoms with van der Waals surface area (Å²) in [6.45, 7) is 12.7. The highest BCUT2D eigenvalue weighted by molar-refractivity contribution is 8.00. The Balaban J connectivity index is 0.946. The Kier molecular flexibility index (Phi) is 21.8. The number of benzene rings is 4. The van der Waals surface area contributed by atoms with Gasteiger partial charge in [0.25, 0.3) is 54.0 Å². The summed E-state index contributed by atoms with van der Waals surface area (Å²) in [6, 6.07) is 20.5. The quantitative estimate of drug-likeness (QED) is 0.0110. The number of aromatic nitrogens is 5. The molecule has 0 aliphatic carbocycles. The average molecular weight is 1490 g/mol.